The molecule has 0 heterocycles. The molecule has 0 spiro atoms. The summed E-state index contributed by atoms with van der Waals surface area (Å²) < 4.78 is 0. The zero-order chi connectivity index (χ0) is 12.0. The lowest BCUT2D eigenvalue weighted by molar-refractivity contribution is 0.405. The molecule has 0 atom stereocenters. The first-order valence-electron chi connectivity index (χ1n) is 5.31. The van der Waals surface area contributed by atoms with Crippen LogP contribution >= 0.6 is 0 Å². The molecule has 4 nitrogen and oxygen atoms in total. The van der Waals surface area contributed by atoms with Crippen molar-refractivity contribution in [2.75, 3.05) is 38.2 Å². The van der Waals surface area contributed by atoms with Crippen LogP contribution in [-0.2, 0) is 0 Å². The maximum Gasteiger partial charge on any atom is 0.0992 e. The lowest BCUT2D eigenvalue weighted by Gasteiger charge is -2.12. The molecule has 86 valence electrons. The molecule has 1 aromatic rings. The second-order valence-corrected chi connectivity index (χ2v) is 4.00. The molecule has 1 aromatic carbocycles. The minimum Gasteiger partial charge on any atom is -0.397 e. The topological polar surface area (TPSA) is 65.1 Å². The lowest BCUT2D eigenvalue weighted by atomic mass is 10.2. The summed E-state index contributed by atoms with van der Waals surface area (Å²) in [7, 11) is 4.09. The molecule has 0 aliphatic heterocycles. The summed E-state index contributed by atoms with van der Waals surface area (Å²) in [5.41, 5.74) is 7.96. The number of nitrogens with zero attached hydrogens (tertiary/aromatic N) is 2. The Morgan fingerprint density at radius 2 is 2.19 bits per heavy atom. The fourth-order valence-corrected chi connectivity index (χ4v) is 1.40. The Morgan fingerprint density at radius 3 is 2.81 bits per heavy atom. The highest BCUT2D eigenvalue weighted by atomic mass is 15.1. The van der Waals surface area contributed by atoms with Gasteiger partial charge in [0.1, 0.15) is 0 Å². The van der Waals surface area contributed by atoms with Crippen molar-refractivity contribution in [1.29, 1.82) is 5.26 Å². The molecular formula is C12H18N4. The molecule has 0 unspecified atom stereocenters. The number of nitrogen functional groups attached to an aromatic ring is 1. The van der Waals surface area contributed by atoms with Crippen LogP contribution in [0.5, 0.6) is 0 Å². The predicted molar refractivity (Wildman–Crippen MR) is 67.2 cm³/mol. The minimum atomic E-state index is 0.629. The number of nitrogens with one attached hydrogen (secondary N) is 1. The fourth-order valence-electron chi connectivity index (χ4n) is 1.40. The number of anilines is 2. The smallest absolute Gasteiger partial charge is 0.0992 e. The molecule has 0 bridgehead atoms. The Balaban J connectivity index is 2.50. The Bertz CT molecular complexity index is 379. The summed E-state index contributed by atoms with van der Waals surface area (Å²) in [6.45, 7) is 1.89. The van der Waals surface area contributed by atoms with Gasteiger partial charge in [-0.25, -0.2) is 0 Å². The van der Waals surface area contributed by atoms with Crippen molar-refractivity contribution in [2.45, 2.75) is 6.42 Å². The summed E-state index contributed by atoms with van der Waals surface area (Å²) >= 11 is 0. The van der Waals surface area contributed by atoms with Crippen LogP contribution in [0.25, 0.3) is 0 Å². The standard InChI is InChI=1S/C12H18N4/c1-16(2)7-3-6-15-12-8-10(9-13)4-5-11(12)14/h4-5,8,15H,3,6-7,14H2,1-2H3. The highest BCUT2D eigenvalue weighted by molar-refractivity contribution is 5.68. The van der Waals surface area contributed by atoms with Crippen molar-refractivity contribution in [3.63, 3.8) is 0 Å². The van der Waals surface area contributed by atoms with Crippen molar-refractivity contribution < 1.29 is 0 Å². The normalized spacial score (nSPS) is 10.1. The van der Waals surface area contributed by atoms with Gasteiger partial charge in [0, 0.05) is 6.54 Å². The van der Waals surface area contributed by atoms with Crippen LogP contribution in [0, 0.1) is 11.3 Å². The Labute approximate surface area is 96.7 Å². The van der Waals surface area contributed by atoms with Crippen LogP contribution in [0.3, 0.4) is 0 Å². The van der Waals surface area contributed by atoms with Gasteiger partial charge in [-0.15, -0.1) is 0 Å². The van der Waals surface area contributed by atoms with E-state index in [-0.39, 0.29) is 0 Å². The largest absolute Gasteiger partial charge is 0.397 e. The van der Waals surface area contributed by atoms with Gasteiger partial charge >= 0.3 is 0 Å². The fraction of sp³-hybridized carbons (Fsp3) is 0.417. The van der Waals surface area contributed by atoms with Gasteiger partial charge in [0.2, 0.25) is 0 Å². The highest BCUT2D eigenvalue weighted by Crippen LogP contribution is 2.19. The maximum atomic E-state index is 8.77. The molecule has 0 aliphatic carbocycles. The Kier molecular flexibility index (Phi) is 4.62. The summed E-state index contributed by atoms with van der Waals surface area (Å²) in [6.07, 6.45) is 1.04. The van der Waals surface area contributed by atoms with Crippen molar-refractivity contribution in [3.05, 3.63) is 23.8 Å². The monoisotopic (exact) mass is 218 g/mol. The third-order valence-corrected chi connectivity index (χ3v) is 2.28. The maximum absolute atomic E-state index is 8.77. The number of nitrogens with two attached hydrogens (primary N) is 1. The van der Waals surface area contributed by atoms with Gasteiger partial charge in [-0.2, -0.15) is 5.26 Å². The van der Waals surface area contributed by atoms with E-state index in [4.69, 9.17) is 11.0 Å². The van der Waals surface area contributed by atoms with Gasteiger partial charge in [-0.1, -0.05) is 0 Å². The lowest BCUT2D eigenvalue weighted by Crippen LogP contribution is -2.16. The van der Waals surface area contributed by atoms with Gasteiger partial charge in [0.25, 0.3) is 0 Å². The van der Waals surface area contributed by atoms with Crippen molar-refractivity contribution in [1.82, 2.24) is 4.90 Å². The Morgan fingerprint density at radius 1 is 1.44 bits per heavy atom. The number of nitriles is 1. The van der Waals surface area contributed by atoms with E-state index in [1.165, 1.54) is 0 Å². The van der Waals surface area contributed by atoms with E-state index in [0.29, 0.717) is 11.3 Å². The van der Waals surface area contributed by atoms with Crippen LogP contribution < -0.4 is 11.1 Å². The third-order valence-electron chi connectivity index (χ3n) is 2.28. The number of rotatable bonds is 5. The first-order chi connectivity index (χ1) is 7.63. The molecule has 4 heteroatoms. The molecular weight excluding hydrogens is 200 g/mol. The van der Waals surface area contributed by atoms with Crippen LogP contribution in [0.2, 0.25) is 0 Å². The minimum absolute atomic E-state index is 0.629. The first-order valence-corrected chi connectivity index (χ1v) is 5.31. The van der Waals surface area contributed by atoms with Crippen LogP contribution in [0.1, 0.15) is 12.0 Å². The number of hydrogen-bond donors (Lipinski definition) is 2. The molecule has 0 radical (unpaired) electrons. The van der Waals surface area contributed by atoms with Gasteiger partial charge in [-0.05, 0) is 45.3 Å². The summed E-state index contributed by atoms with van der Waals surface area (Å²) in [4.78, 5) is 2.14. The molecule has 0 fully saturated rings. The van der Waals surface area contributed by atoms with E-state index in [1.54, 1.807) is 18.2 Å². The zero-order valence-electron chi connectivity index (χ0n) is 9.83. The van der Waals surface area contributed by atoms with Crippen molar-refractivity contribution in [2.24, 2.45) is 0 Å². The summed E-state index contributed by atoms with van der Waals surface area (Å²) in [5.74, 6) is 0. The molecule has 0 aromatic heterocycles. The molecule has 0 amide bonds. The van der Waals surface area contributed by atoms with E-state index in [0.717, 1.165) is 25.2 Å². The second-order valence-electron chi connectivity index (χ2n) is 4.00. The van der Waals surface area contributed by atoms with Gasteiger partial charge in [-0.3, -0.25) is 0 Å². The SMILES string of the molecule is CN(C)CCCNc1cc(C#N)ccc1N. The predicted octanol–water partition coefficient (Wildman–Crippen LogP) is 1.50. The number of hydrogen-bond acceptors (Lipinski definition) is 4. The average molecular weight is 218 g/mol. The molecule has 0 saturated carbocycles. The molecule has 3 N–H and O–H groups in total. The van der Waals surface area contributed by atoms with Gasteiger partial charge < -0.3 is 16.0 Å². The quantitative estimate of drug-likeness (QED) is 0.580. The van der Waals surface area contributed by atoms with E-state index < -0.39 is 0 Å². The van der Waals surface area contributed by atoms with E-state index in [1.807, 2.05) is 14.1 Å². The van der Waals surface area contributed by atoms with Gasteiger partial charge in [0.05, 0.1) is 23.0 Å². The summed E-state index contributed by atoms with van der Waals surface area (Å²) in [5, 5.41) is 12.0. The van der Waals surface area contributed by atoms with Gasteiger partial charge in [0.15, 0.2) is 0 Å². The van der Waals surface area contributed by atoms with E-state index in [2.05, 4.69) is 16.3 Å². The molecule has 0 saturated heterocycles. The van der Waals surface area contributed by atoms with Crippen LogP contribution in [0.4, 0.5) is 11.4 Å². The van der Waals surface area contributed by atoms with Crippen LogP contribution in [-0.4, -0.2) is 32.1 Å². The van der Waals surface area contributed by atoms with Crippen molar-refractivity contribution in [3.8, 4) is 6.07 Å². The van der Waals surface area contributed by atoms with Crippen molar-refractivity contribution >= 4 is 11.4 Å². The van der Waals surface area contributed by atoms with Crippen LogP contribution in [0.15, 0.2) is 18.2 Å². The third kappa shape index (κ3) is 3.79. The highest BCUT2D eigenvalue weighted by Gasteiger charge is 2.00. The first kappa shape index (κ1) is 12.3. The number of benzene rings is 1. The summed E-state index contributed by atoms with van der Waals surface area (Å²) in [6, 6.07) is 7.36. The average Bonchev–Trinajstić information content (AvgIpc) is 2.26. The van der Waals surface area contributed by atoms with E-state index >= 15 is 0 Å². The molecule has 16 heavy (non-hydrogen) atoms. The Hall–Kier alpha value is -1.73. The zero-order valence-corrected chi connectivity index (χ0v) is 9.83. The van der Waals surface area contributed by atoms with E-state index in [9.17, 15) is 0 Å². The second kappa shape index (κ2) is 5.99. The molecule has 1 rings (SSSR count). The molecule has 0 aliphatic rings.